The summed E-state index contributed by atoms with van der Waals surface area (Å²) in [5.41, 5.74) is 1.55. The van der Waals surface area contributed by atoms with Gasteiger partial charge < -0.3 is 4.90 Å². The van der Waals surface area contributed by atoms with E-state index in [1.54, 1.807) is 18.0 Å². The van der Waals surface area contributed by atoms with Crippen LogP contribution in [0, 0.1) is 5.92 Å². The Balaban J connectivity index is 1.61. The Labute approximate surface area is 162 Å². The lowest BCUT2D eigenvalue weighted by Crippen LogP contribution is -2.38. The van der Waals surface area contributed by atoms with Gasteiger partial charge in [-0.2, -0.15) is 0 Å². The van der Waals surface area contributed by atoms with Crippen LogP contribution in [-0.4, -0.2) is 28.9 Å². The van der Waals surface area contributed by atoms with Gasteiger partial charge in [0.1, 0.15) is 5.69 Å². The van der Waals surface area contributed by atoms with Gasteiger partial charge in [-0.25, -0.2) is 0 Å². The van der Waals surface area contributed by atoms with E-state index in [-0.39, 0.29) is 5.91 Å². The van der Waals surface area contributed by atoms with Crippen LogP contribution in [0.3, 0.4) is 0 Å². The Bertz CT molecular complexity index is 723. The van der Waals surface area contributed by atoms with Crippen molar-refractivity contribution in [3.63, 3.8) is 0 Å². The number of carbonyl (C=O) groups excluding carboxylic acids is 1. The van der Waals surface area contributed by atoms with E-state index < -0.39 is 0 Å². The number of benzene rings is 1. The third kappa shape index (κ3) is 4.69. The van der Waals surface area contributed by atoms with Crippen molar-refractivity contribution in [2.24, 2.45) is 5.92 Å². The third-order valence-electron chi connectivity index (χ3n) is 4.42. The Kier molecular flexibility index (Phi) is 6.26. The van der Waals surface area contributed by atoms with Crippen LogP contribution in [0.25, 0.3) is 0 Å². The van der Waals surface area contributed by atoms with E-state index in [4.69, 9.17) is 23.2 Å². The predicted octanol–water partition coefficient (Wildman–Crippen LogP) is 5.55. The van der Waals surface area contributed by atoms with Crippen LogP contribution >= 0.6 is 35.0 Å². The van der Waals surface area contributed by atoms with E-state index in [1.165, 1.54) is 0 Å². The molecule has 1 aromatic carbocycles. The molecule has 3 nitrogen and oxygen atoms in total. The minimum absolute atomic E-state index is 0.0280. The molecule has 0 atom stereocenters. The zero-order chi connectivity index (χ0) is 17.8. The number of thioether (sulfide) groups is 1. The fourth-order valence-electron chi connectivity index (χ4n) is 2.79. The maximum Gasteiger partial charge on any atom is 0.272 e. The van der Waals surface area contributed by atoms with Crippen molar-refractivity contribution in [1.29, 1.82) is 0 Å². The number of likely N-dealkylation sites (tertiary alicyclic amines) is 1. The lowest BCUT2D eigenvalue weighted by molar-refractivity contribution is 0.0691. The number of rotatable bonds is 4. The highest BCUT2D eigenvalue weighted by molar-refractivity contribution is 7.98. The second kappa shape index (κ2) is 8.43. The number of pyridine rings is 1. The molecule has 0 aliphatic carbocycles. The van der Waals surface area contributed by atoms with Crippen molar-refractivity contribution in [2.75, 3.05) is 13.1 Å². The first-order chi connectivity index (χ1) is 12.0. The summed E-state index contributed by atoms with van der Waals surface area (Å²) in [6.07, 6.45) is 3.90. The molecule has 132 valence electrons. The van der Waals surface area contributed by atoms with Crippen molar-refractivity contribution in [3.8, 4) is 0 Å². The minimum atomic E-state index is 0.0280. The van der Waals surface area contributed by atoms with Crippen molar-refractivity contribution in [2.45, 2.75) is 30.4 Å². The topological polar surface area (TPSA) is 33.2 Å². The first kappa shape index (κ1) is 18.6. The molecule has 1 aliphatic rings. The molecule has 0 bridgehead atoms. The van der Waals surface area contributed by atoms with E-state index in [9.17, 15) is 4.79 Å². The molecule has 2 aromatic rings. The molecule has 1 aliphatic heterocycles. The van der Waals surface area contributed by atoms with E-state index in [0.29, 0.717) is 27.4 Å². The van der Waals surface area contributed by atoms with Gasteiger partial charge in [-0.15, -0.1) is 11.8 Å². The number of nitrogens with zero attached hydrogens (tertiary/aromatic N) is 2. The molecule has 25 heavy (non-hydrogen) atoms. The predicted molar refractivity (Wildman–Crippen MR) is 105 cm³/mol. The lowest BCUT2D eigenvalue weighted by Gasteiger charge is -2.30. The molecule has 1 saturated heterocycles. The van der Waals surface area contributed by atoms with Gasteiger partial charge >= 0.3 is 0 Å². The zero-order valence-electron chi connectivity index (χ0n) is 14.0. The summed E-state index contributed by atoms with van der Waals surface area (Å²) < 4.78 is 0. The highest BCUT2D eigenvalue weighted by Gasteiger charge is 2.22. The summed E-state index contributed by atoms with van der Waals surface area (Å²) in [5.74, 6) is 1.43. The minimum Gasteiger partial charge on any atom is -0.337 e. The van der Waals surface area contributed by atoms with Crippen LogP contribution in [0.15, 0.2) is 41.4 Å². The molecule has 0 spiro atoms. The van der Waals surface area contributed by atoms with Gasteiger partial charge in [-0.1, -0.05) is 42.3 Å². The van der Waals surface area contributed by atoms with E-state index in [2.05, 4.69) is 11.9 Å². The average Bonchev–Trinajstić information content (AvgIpc) is 2.62. The molecule has 1 amide bonds. The summed E-state index contributed by atoms with van der Waals surface area (Å²) in [5, 5.41) is 1.30. The Hall–Kier alpha value is -1.23. The van der Waals surface area contributed by atoms with Gasteiger partial charge in [-0.05, 0) is 42.5 Å². The first-order valence-electron chi connectivity index (χ1n) is 8.35. The standard InChI is InChI=1S/C19H20Cl2N2OS/c1-13-7-9-23(10-8-13)19(24)17-6-5-14(11-22-17)12-25-18-15(20)3-2-4-16(18)21/h2-6,11,13H,7-10,12H2,1H3. The smallest absolute Gasteiger partial charge is 0.272 e. The fraction of sp³-hybridized carbons (Fsp3) is 0.368. The van der Waals surface area contributed by atoms with E-state index in [1.807, 2.05) is 35.2 Å². The van der Waals surface area contributed by atoms with Gasteiger partial charge in [0.25, 0.3) is 5.91 Å². The van der Waals surface area contributed by atoms with Crippen molar-refractivity contribution in [3.05, 3.63) is 57.8 Å². The average molecular weight is 395 g/mol. The second-order valence-corrected chi connectivity index (χ2v) is 8.17. The third-order valence-corrected chi connectivity index (χ3v) is 6.48. The summed E-state index contributed by atoms with van der Waals surface area (Å²) in [7, 11) is 0. The number of piperidine rings is 1. The maximum absolute atomic E-state index is 12.5. The number of hydrogen-bond acceptors (Lipinski definition) is 3. The lowest BCUT2D eigenvalue weighted by atomic mass is 9.99. The van der Waals surface area contributed by atoms with Gasteiger partial charge in [0, 0.05) is 29.9 Å². The molecule has 6 heteroatoms. The highest BCUT2D eigenvalue weighted by Crippen LogP contribution is 2.35. The largest absolute Gasteiger partial charge is 0.337 e. The molecule has 1 aromatic heterocycles. The quantitative estimate of drug-likeness (QED) is 0.636. The number of halogens is 2. The monoisotopic (exact) mass is 394 g/mol. The fourth-order valence-corrected chi connectivity index (χ4v) is 4.40. The van der Waals surface area contributed by atoms with Crippen molar-refractivity contribution >= 4 is 40.9 Å². The van der Waals surface area contributed by atoms with Gasteiger partial charge in [0.2, 0.25) is 0 Å². The summed E-state index contributed by atoms with van der Waals surface area (Å²) in [6, 6.07) is 9.25. The Morgan fingerprint density at radius 1 is 1.20 bits per heavy atom. The van der Waals surface area contributed by atoms with E-state index in [0.717, 1.165) is 36.4 Å². The molecule has 0 saturated carbocycles. The molecule has 0 radical (unpaired) electrons. The number of carbonyl (C=O) groups is 1. The molecule has 3 rings (SSSR count). The van der Waals surface area contributed by atoms with Crippen LogP contribution in [0.1, 0.15) is 35.8 Å². The zero-order valence-corrected chi connectivity index (χ0v) is 16.4. The summed E-state index contributed by atoms with van der Waals surface area (Å²) in [6.45, 7) is 3.88. The van der Waals surface area contributed by atoms with Gasteiger partial charge in [-0.3, -0.25) is 9.78 Å². The normalized spacial score (nSPS) is 15.4. The Morgan fingerprint density at radius 2 is 1.88 bits per heavy atom. The first-order valence-corrected chi connectivity index (χ1v) is 10.1. The highest BCUT2D eigenvalue weighted by atomic mass is 35.5. The second-order valence-electron chi connectivity index (χ2n) is 6.37. The molecule has 2 heterocycles. The summed E-state index contributed by atoms with van der Waals surface area (Å²) in [4.78, 5) is 19.6. The van der Waals surface area contributed by atoms with Gasteiger partial charge in [0.15, 0.2) is 0 Å². The molecule has 0 unspecified atom stereocenters. The van der Waals surface area contributed by atoms with Crippen LogP contribution in [0.4, 0.5) is 0 Å². The SMILES string of the molecule is CC1CCN(C(=O)c2ccc(CSc3c(Cl)cccc3Cl)cn2)CC1. The molecular weight excluding hydrogens is 375 g/mol. The number of aromatic nitrogens is 1. The molecular formula is C19H20Cl2N2OS. The summed E-state index contributed by atoms with van der Waals surface area (Å²) >= 11 is 13.9. The van der Waals surface area contributed by atoms with Crippen LogP contribution in [0.2, 0.25) is 10.0 Å². The van der Waals surface area contributed by atoms with Crippen molar-refractivity contribution < 1.29 is 4.79 Å². The maximum atomic E-state index is 12.5. The van der Waals surface area contributed by atoms with Crippen LogP contribution in [-0.2, 0) is 5.75 Å². The number of amides is 1. The van der Waals surface area contributed by atoms with Crippen molar-refractivity contribution in [1.82, 2.24) is 9.88 Å². The Morgan fingerprint density at radius 3 is 2.48 bits per heavy atom. The van der Waals surface area contributed by atoms with Gasteiger partial charge in [0.05, 0.1) is 10.0 Å². The van der Waals surface area contributed by atoms with E-state index >= 15 is 0 Å². The number of hydrogen-bond donors (Lipinski definition) is 0. The van der Waals surface area contributed by atoms with Crippen LogP contribution in [0.5, 0.6) is 0 Å². The molecule has 0 N–H and O–H groups in total. The van der Waals surface area contributed by atoms with Crippen LogP contribution < -0.4 is 0 Å². The molecule has 1 fully saturated rings.